The molecule has 0 N–H and O–H groups in total. The Morgan fingerprint density at radius 1 is 0.409 bits per heavy atom. The Morgan fingerprint density at radius 2 is 0.659 bits per heavy atom. The van der Waals surface area contributed by atoms with E-state index in [4.69, 9.17) is 4.99 Å². The van der Waals surface area contributed by atoms with Crippen molar-refractivity contribution in [1.82, 2.24) is 4.23 Å². The van der Waals surface area contributed by atoms with Crippen molar-refractivity contribution in [1.29, 1.82) is 0 Å². The van der Waals surface area contributed by atoms with Crippen LogP contribution in [0.5, 0.6) is 0 Å². The minimum atomic E-state index is -3.03. The predicted octanol–water partition coefficient (Wildman–Crippen LogP) is 4.72. The zero-order valence-corrected chi connectivity index (χ0v) is 27.3. The second kappa shape index (κ2) is 12.8. The van der Waals surface area contributed by atoms with Crippen LogP contribution in [-0.2, 0) is 0 Å². The third kappa shape index (κ3) is 4.82. The van der Waals surface area contributed by atoms with Crippen LogP contribution in [0.15, 0.2) is 187 Å². The second-order valence-electron chi connectivity index (χ2n) is 11.1. The number of thioether (sulfide) groups is 1. The largest absolute Gasteiger partial charge is 0.302 e. The molecular formula is C39H34N2SSi2. The first-order chi connectivity index (χ1) is 21.9. The Bertz CT molecular complexity index is 1480. The monoisotopic (exact) mass is 618 g/mol. The molecule has 0 amide bonds. The zero-order valence-electron chi connectivity index (χ0n) is 24.5. The van der Waals surface area contributed by atoms with Crippen LogP contribution in [0.2, 0.25) is 0 Å². The van der Waals surface area contributed by atoms with Gasteiger partial charge in [-0.1, -0.05) is 182 Å². The maximum Gasteiger partial charge on any atom is 0.220 e. The Labute approximate surface area is 267 Å². The van der Waals surface area contributed by atoms with E-state index >= 15 is 0 Å². The molecule has 1 aliphatic heterocycles. The van der Waals surface area contributed by atoms with Crippen molar-refractivity contribution >= 4 is 64.9 Å². The Morgan fingerprint density at radius 3 is 0.864 bits per heavy atom. The summed E-state index contributed by atoms with van der Waals surface area (Å²) in [6, 6.07) is 67.8. The minimum Gasteiger partial charge on any atom is -0.302 e. The molecule has 0 aliphatic carbocycles. The first-order valence-corrected chi connectivity index (χ1v) is 20.1. The Kier molecular flexibility index (Phi) is 8.27. The molecule has 1 aliphatic rings. The number of benzene rings is 6. The fourth-order valence-electron chi connectivity index (χ4n) is 7.04. The van der Waals surface area contributed by atoms with E-state index < -0.39 is 16.5 Å². The lowest BCUT2D eigenvalue weighted by molar-refractivity contribution is 0.523. The van der Waals surface area contributed by atoms with Crippen LogP contribution >= 0.6 is 11.8 Å². The molecule has 6 aromatic carbocycles. The van der Waals surface area contributed by atoms with Gasteiger partial charge in [-0.2, -0.15) is 0 Å². The van der Waals surface area contributed by atoms with Crippen LogP contribution in [0, 0.1) is 0 Å². The number of aliphatic imine (C=N–C) groups is 1. The van der Waals surface area contributed by atoms with E-state index in [1.54, 1.807) is 0 Å². The summed E-state index contributed by atoms with van der Waals surface area (Å²) in [4.78, 5) is 5.35. The number of rotatable bonds is 9. The van der Waals surface area contributed by atoms with Crippen molar-refractivity contribution in [2.24, 2.45) is 4.99 Å². The topological polar surface area (TPSA) is 15.6 Å². The molecule has 214 valence electrons. The molecule has 0 bridgehead atoms. The molecule has 0 saturated carbocycles. The lowest BCUT2D eigenvalue weighted by atomic mass is 10.3. The summed E-state index contributed by atoms with van der Waals surface area (Å²) in [5.74, 6) is 0.905. The lowest BCUT2D eigenvalue weighted by Crippen LogP contribution is -2.91. The van der Waals surface area contributed by atoms with Crippen molar-refractivity contribution in [2.45, 2.75) is 6.17 Å². The first-order valence-electron chi connectivity index (χ1n) is 15.1. The number of hydrogen-bond acceptors (Lipinski definition) is 3. The molecule has 7 rings (SSSR count). The first kappa shape index (κ1) is 28.5. The third-order valence-corrected chi connectivity index (χ3v) is 20.6. The molecule has 44 heavy (non-hydrogen) atoms. The van der Waals surface area contributed by atoms with Gasteiger partial charge in [0.25, 0.3) is 0 Å². The average molecular weight is 619 g/mol. The van der Waals surface area contributed by atoms with E-state index in [-0.39, 0.29) is 6.17 Å². The Hall–Kier alpha value is -4.27. The molecule has 0 saturated heterocycles. The highest BCUT2D eigenvalue weighted by Gasteiger charge is 2.60. The summed E-state index contributed by atoms with van der Waals surface area (Å²) in [5.41, 5.74) is 2.08. The van der Waals surface area contributed by atoms with Crippen LogP contribution in [0.25, 0.3) is 0 Å². The zero-order chi connectivity index (χ0) is 29.7. The molecule has 0 aromatic heterocycles. The number of nitrogens with zero attached hydrogens (tertiary/aromatic N) is 2. The normalized spacial score (nSPS) is 15.0. The standard InChI is InChI=1S/C39H34N2SSi2/c1-7-19-33(20-8-1)43(34-21-9-2-10-22-34,35-23-11-3-12-24-35)41(39-31-42-32-40-39)44(36-25-13-4-14-26-36,37-27-15-5-16-28-37)38-29-17-6-18-30-38/h1-30,32,39H,31H2. The van der Waals surface area contributed by atoms with E-state index in [1.807, 2.05) is 11.8 Å². The summed E-state index contributed by atoms with van der Waals surface area (Å²) in [6.45, 7) is 0. The predicted molar refractivity (Wildman–Crippen MR) is 195 cm³/mol. The molecule has 5 heteroatoms. The smallest absolute Gasteiger partial charge is 0.220 e. The van der Waals surface area contributed by atoms with E-state index in [0.29, 0.717) is 0 Å². The molecule has 1 unspecified atom stereocenters. The van der Waals surface area contributed by atoms with E-state index in [9.17, 15) is 0 Å². The van der Waals surface area contributed by atoms with Gasteiger partial charge in [0.15, 0.2) is 0 Å². The van der Waals surface area contributed by atoms with Gasteiger partial charge in [-0.05, 0) is 31.1 Å². The summed E-state index contributed by atoms with van der Waals surface area (Å²) in [7, 11) is -6.07. The average Bonchev–Trinajstić information content (AvgIpc) is 3.66. The highest BCUT2D eigenvalue weighted by Crippen LogP contribution is 2.29. The summed E-state index contributed by atoms with van der Waals surface area (Å²) in [6.07, 6.45) is -0.0282. The maximum atomic E-state index is 5.35. The molecule has 1 heterocycles. The summed E-state index contributed by atoms with van der Waals surface area (Å²) >= 11 is 1.82. The molecular weight excluding hydrogens is 585 g/mol. The fourth-order valence-corrected chi connectivity index (χ4v) is 21.3. The van der Waals surface area contributed by atoms with E-state index in [0.717, 1.165) is 5.75 Å². The van der Waals surface area contributed by atoms with Gasteiger partial charge in [0.1, 0.15) is 6.17 Å². The molecule has 0 spiro atoms. The second-order valence-corrected chi connectivity index (χ2v) is 19.6. The van der Waals surface area contributed by atoms with Gasteiger partial charge in [-0.25, -0.2) is 0 Å². The van der Waals surface area contributed by atoms with Gasteiger partial charge >= 0.3 is 0 Å². The molecule has 0 radical (unpaired) electrons. The van der Waals surface area contributed by atoms with E-state index in [1.165, 1.54) is 31.1 Å². The van der Waals surface area contributed by atoms with Crippen LogP contribution in [0.4, 0.5) is 0 Å². The van der Waals surface area contributed by atoms with Gasteiger partial charge in [0.05, 0.1) is 5.55 Å². The lowest BCUT2D eigenvalue weighted by Gasteiger charge is -2.55. The number of hydrogen-bond donors (Lipinski definition) is 0. The fraction of sp³-hybridized carbons (Fsp3) is 0.0513. The minimum absolute atomic E-state index is 0.0282. The van der Waals surface area contributed by atoms with Crippen LogP contribution in [-0.4, -0.2) is 38.2 Å². The van der Waals surface area contributed by atoms with Crippen molar-refractivity contribution in [3.63, 3.8) is 0 Å². The van der Waals surface area contributed by atoms with Crippen molar-refractivity contribution in [3.05, 3.63) is 182 Å². The highest BCUT2D eigenvalue weighted by atomic mass is 32.2. The van der Waals surface area contributed by atoms with Crippen LogP contribution < -0.4 is 31.1 Å². The van der Waals surface area contributed by atoms with Crippen LogP contribution in [0.3, 0.4) is 0 Å². The Balaban J connectivity index is 1.73. The van der Waals surface area contributed by atoms with Gasteiger partial charge in [-0.15, -0.1) is 11.8 Å². The quantitative estimate of drug-likeness (QED) is 0.172. The van der Waals surface area contributed by atoms with Gasteiger partial charge in [0, 0.05) is 5.75 Å². The van der Waals surface area contributed by atoms with Crippen molar-refractivity contribution < 1.29 is 0 Å². The maximum absolute atomic E-state index is 5.35. The van der Waals surface area contributed by atoms with Gasteiger partial charge in [-0.3, -0.25) is 4.99 Å². The van der Waals surface area contributed by atoms with Gasteiger partial charge in [0.2, 0.25) is 16.5 Å². The summed E-state index contributed by atoms with van der Waals surface area (Å²) < 4.78 is 3.00. The highest BCUT2D eigenvalue weighted by molar-refractivity contribution is 8.12. The SMILES string of the molecule is C1=NC(N([Si](c2ccccc2)(c2ccccc2)c2ccccc2)[Si](c2ccccc2)(c2ccccc2)c2ccccc2)CS1. The van der Waals surface area contributed by atoms with Crippen molar-refractivity contribution in [3.8, 4) is 0 Å². The van der Waals surface area contributed by atoms with Gasteiger partial charge < -0.3 is 4.23 Å². The molecule has 1 atom stereocenters. The molecule has 2 nitrogen and oxygen atoms in total. The van der Waals surface area contributed by atoms with Crippen molar-refractivity contribution in [2.75, 3.05) is 5.75 Å². The van der Waals surface area contributed by atoms with Crippen LogP contribution in [0.1, 0.15) is 0 Å². The molecule has 0 fully saturated rings. The van der Waals surface area contributed by atoms with E-state index in [2.05, 4.69) is 192 Å². The third-order valence-electron chi connectivity index (χ3n) is 8.72. The molecule has 6 aromatic rings. The summed E-state index contributed by atoms with van der Waals surface area (Å²) in [5, 5.41) is 8.19.